The van der Waals surface area contributed by atoms with Gasteiger partial charge in [0, 0.05) is 36.4 Å². The Kier molecular flexibility index (Phi) is 5.74. The maximum absolute atomic E-state index is 13.0. The van der Waals surface area contributed by atoms with Crippen LogP contribution in [0.15, 0.2) is 65.3 Å². The van der Waals surface area contributed by atoms with Gasteiger partial charge in [-0.2, -0.15) is 10.1 Å². The molecule has 0 aliphatic carbocycles. The highest BCUT2D eigenvalue weighted by Gasteiger charge is 2.29. The van der Waals surface area contributed by atoms with Crippen LogP contribution in [-0.2, 0) is 16.8 Å². The van der Waals surface area contributed by atoms with Gasteiger partial charge in [0.25, 0.3) is 5.69 Å². The number of hydrogen-bond donors (Lipinski definition) is 1. The molecule has 0 bridgehead atoms. The minimum absolute atomic E-state index is 0.0160. The molecule has 0 saturated heterocycles. The number of nitro groups is 1. The lowest BCUT2D eigenvalue weighted by Crippen LogP contribution is -2.42. The summed E-state index contributed by atoms with van der Waals surface area (Å²) in [5, 5.41) is 22.5. The van der Waals surface area contributed by atoms with Crippen LogP contribution < -0.4 is 5.32 Å². The van der Waals surface area contributed by atoms with E-state index in [0.29, 0.717) is 28.5 Å². The number of rotatable bonds is 7. The van der Waals surface area contributed by atoms with Gasteiger partial charge in [-0.1, -0.05) is 23.4 Å². The smallest absolute Gasteiger partial charge is 0.269 e. The van der Waals surface area contributed by atoms with E-state index >= 15 is 0 Å². The molecule has 1 amide bonds. The minimum Gasteiger partial charge on any atom is -0.344 e. The number of nitro benzene ring substituents is 1. The fourth-order valence-electron chi connectivity index (χ4n) is 3.41. The maximum atomic E-state index is 13.0. The monoisotopic (exact) mass is 446 g/mol. The SMILES string of the molecule is Cc1nc(C(C)(C)NC(=O)Cc2cn(-c3ccccc3)nc2-c2ccc([N+](=O)[O-])cc2)no1. The molecule has 4 aromatic rings. The lowest BCUT2D eigenvalue weighted by atomic mass is 10.0. The zero-order valence-electron chi connectivity index (χ0n) is 18.3. The second kappa shape index (κ2) is 8.65. The Bertz CT molecular complexity index is 1290. The molecule has 4 rings (SSSR count). The summed E-state index contributed by atoms with van der Waals surface area (Å²) in [6.07, 6.45) is 1.83. The van der Waals surface area contributed by atoms with Crippen molar-refractivity contribution in [3.05, 3.63) is 88.2 Å². The quantitative estimate of drug-likeness (QED) is 0.338. The van der Waals surface area contributed by atoms with Crippen LogP contribution in [0.4, 0.5) is 5.69 Å². The molecule has 0 unspecified atom stereocenters. The number of aromatic nitrogens is 4. The Morgan fingerprint density at radius 1 is 1.15 bits per heavy atom. The van der Waals surface area contributed by atoms with E-state index in [1.54, 1.807) is 43.8 Å². The van der Waals surface area contributed by atoms with E-state index in [4.69, 9.17) is 4.52 Å². The van der Waals surface area contributed by atoms with E-state index in [0.717, 1.165) is 5.69 Å². The van der Waals surface area contributed by atoms with Crippen LogP contribution in [0.1, 0.15) is 31.1 Å². The summed E-state index contributed by atoms with van der Waals surface area (Å²) in [5.41, 5.74) is 1.89. The molecule has 10 nitrogen and oxygen atoms in total. The van der Waals surface area contributed by atoms with Crippen molar-refractivity contribution in [3.63, 3.8) is 0 Å². The summed E-state index contributed by atoms with van der Waals surface area (Å²) in [6.45, 7) is 5.27. The van der Waals surface area contributed by atoms with E-state index in [2.05, 4.69) is 20.6 Å². The van der Waals surface area contributed by atoms with Crippen molar-refractivity contribution in [2.45, 2.75) is 32.7 Å². The van der Waals surface area contributed by atoms with E-state index in [1.165, 1.54) is 12.1 Å². The Morgan fingerprint density at radius 2 is 1.85 bits per heavy atom. The second-order valence-corrected chi connectivity index (χ2v) is 8.07. The van der Waals surface area contributed by atoms with E-state index in [-0.39, 0.29) is 18.0 Å². The molecule has 2 aromatic heterocycles. The fourth-order valence-corrected chi connectivity index (χ4v) is 3.41. The molecule has 0 radical (unpaired) electrons. The molecule has 168 valence electrons. The Labute approximate surface area is 189 Å². The van der Waals surface area contributed by atoms with Gasteiger partial charge in [0.15, 0.2) is 5.82 Å². The number of non-ortho nitro benzene ring substituents is 1. The summed E-state index contributed by atoms with van der Waals surface area (Å²) in [7, 11) is 0. The van der Waals surface area contributed by atoms with Crippen molar-refractivity contribution >= 4 is 11.6 Å². The average Bonchev–Trinajstić information content (AvgIpc) is 3.41. The van der Waals surface area contributed by atoms with Crippen molar-refractivity contribution in [2.24, 2.45) is 0 Å². The number of nitrogens with one attached hydrogen (secondary N) is 1. The first-order valence-electron chi connectivity index (χ1n) is 10.2. The minimum atomic E-state index is -0.836. The number of nitrogens with zero attached hydrogens (tertiary/aromatic N) is 5. The first-order valence-corrected chi connectivity index (χ1v) is 10.2. The van der Waals surface area contributed by atoms with Crippen LogP contribution in [0.2, 0.25) is 0 Å². The van der Waals surface area contributed by atoms with Crippen LogP contribution >= 0.6 is 0 Å². The van der Waals surface area contributed by atoms with Crippen LogP contribution in [0.25, 0.3) is 16.9 Å². The first-order chi connectivity index (χ1) is 15.7. The Morgan fingerprint density at radius 3 is 2.45 bits per heavy atom. The lowest BCUT2D eigenvalue weighted by Gasteiger charge is -2.22. The van der Waals surface area contributed by atoms with Crippen LogP contribution in [0.3, 0.4) is 0 Å². The molecule has 10 heteroatoms. The highest BCUT2D eigenvalue weighted by molar-refractivity contribution is 5.82. The molecule has 2 heterocycles. The predicted molar refractivity (Wildman–Crippen MR) is 120 cm³/mol. The van der Waals surface area contributed by atoms with E-state index in [9.17, 15) is 14.9 Å². The summed E-state index contributed by atoms with van der Waals surface area (Å²) >= 11 is 0. The molecule has 1 N–H and O–H groups in total. The van der Waals surface area contributed by atoms with Gasteiger partial charge in [0.1, 0.15) is 0 Å². The van der Waals surface area contributed by atoms with Gasteiger partial charge < -0.3 is 9.84 Å². The third-order valence-electron chi connectivity index (χ3n) is 5.05. The van der Waals surface area contributed by atoms with Crippen molar-refractivity contribution < 1.29 is 14.2 Å². The zero-order chi connectivity index (χ0) is 23.6. The first kappa shape index (κ1) is 21.9. The predicted octanol–water partition coefficient (Wildman–Crippen LogP) is 3.73. The highest BCUT2D eigenvalue weighted by Crippen LogP contribution is 2.27. The van der Waals surface area contributed by atoms with Gasteiger partial charge in [-0.25, -0.2) is 4.68 Å². The number of benzene rings is 2. The molecule has 0 fully saturated rings. The summed E-state index contributed by atoms with van der Waals surface area (Å²) in [5.74, 6) is 0.541. The van der Waals surface area contributed by atoms with Crippen LogP contribution in [-0.4, -0.2) is 30.8 Å². The summed E-state index contributed by atoms with van der Waals surface area (Å²) in [6, 6.07) is 15.6. The standard InChI is InChI=1S/C23H22N6O4/c1-15-24-22(27-33-15)23(2,3)25-20(30)13-17-14-28(18-7-5-4-6-8-18)26-21(17)16-9-11-19(12-10-16)29(31)32/h4-12,14H,13H2,1-3H3,(H,25,30). The van der Waals surface area contributed by atoms with Gasteiger partial charge in [0.2, 0.25) is 11.8 Å². The largest absolute Gasteiger partial charge is 0.344 e. The molecule has 33 heavy (non-hydrogen) atoms. The van der Waals surface area contributed by atoms with Crippen molar-refractivity contribution in [1.29, 1.82) is 0 Å². The van der Waals surface area contributed by atoms with Gasteiger partial charge in [-0.05, 0) is 38.1 Å². The number of para-hydroxylation sites is 1. The second-order valence-electron chi connectivity index (χ2n) is 8.07. The Hall–Kier alpha value is -4.34. The average molecular weight is 446 g/mol. The number of carbonyl (C=O) groups excluding carboxylic acids is 1. The van der Waals surface area contributed by atoms with E-state index in [1.807, 2.05) is 30.3 Å². The molecule has 2 aromatic carbocycles. The molecule has 0 atom stereocenters. The maximum Gasteiger partial charge on any atom is 0.269 e. The zero-order valence-corrected chi connectivity index (χ0v) is 18.3. The molecule has 0 aliphatic rings. The number of aryl methyl sites for hydroxylation is 1. The van der Waals surface area contributed by atoms with Gasteiger partial charge in [0.05, 0.1) is 28.3 Å². The number of hydrogen-bond acceptors (Lipinski definition) is 7. The van der Waals surface area contributed by atoms with E-state index < -0.39 is 10.5 Å². The molecule has 0 saturated carbocycles. The van der Waals surface area contributed by atoms with Gasteiger partial charge in [-0.3, -0.25) is 14.9 Å². The third-order valence-corrected chi connectivity index (χ3v) is 5.05. The van der Waals surface area contributed by atoms with Crippen LogP contribution in [0, 0.1) is 17.0 Å². The van der Waals surface area contributed by atoms with Crippen LogP contribution in [0.5, 0.6) is 0 Å². The lowest BCUT2D eigenvalue weighted by molar-refractivity contribution is -0.384. The molecule has 0 aliphatic heterocycles. The normalized spacial score (nSPS) is 11.4. The number of amides is 1. The third kappa shape index (κ3) is 4.79. The molecule has 0 spiro atoms. The number of carbonyl (C=O) groups is 1. The van der Waals surface area contributed by atoms with Crippen molar-refractivity contribution in [1.82, 2.24) is 25.2 Å². The Balaban J connectivity index is 1.65. The molecular weight excluding hydrogens is 424 g/mol. The molecular formula is C23H22N6O4. The topological polar surface area (TPSA) is 129 Å². The van der Waals surface area contributed by atoms with Gasteiger partial charge in [-0.15, -0.1) is 0 Å². The van der Waals surface area contributed by atoms with Crippen molar-refractivity contribution in [2.75, 3.05) is 0 Å². The van der Waals surface area contributed by atoms with Gasteiger partial charge >= 0.3 is 0 Å². The summed E-state index contributed by atoms with van der Waals surface area (Å²) in [4.78, 5) is 27.7. The van der Waals surface area contributed by atoms with Crippen molar-refractivity contribution in [3.8, 4) is 16.9 Å². The highest BCUT2D eigenvalue weighted by atomic mass is 16.6. The fraction of sp³-hybridized carbons (Fsp3) is 0.217. The summed E-state index contributed by atoms with van der Waals surface area (Å²) < 4.78 is 6.72.